The predicted molar refractivity (Wildman–Crippen MR) is 98.5 cm³/mol. The van der Waals surface area contributed by atoms with Crippen LogP contribution in [0.25, 0.3) is 0 Å². The molecule has 0 aliphatic carbocycles. The number of nitrogens with one attached hydrogen (secondary N) is 1. The molecule has 0 spiro atoms. The molecule has 1 aromatic rings. The number of ether oxygens (including phenoxy) is 1. The molecule has 0 fully saturated rings. The van der Waals surface area contributed by atoms with Crippen molar-refractivity contribution < 1.29 is 14.3 Å². The Bertz CT molecular complexity index is 794. The van der Waals surface area contributed by atoms with Crippen LogP contribution in [0.2, 0.25) is 0 Å². The van der Waals surface area contributed by atoms with Crippen molar-refractivity contribution in [2.24, 2.45) is 16.3 Å². The van der Waals surface area contributed by atoms with Gasteiger partial charge in [0.05, 0.1) is 18.1 Å². The standard InChI is InChI=1S/C16H19N5O3S2/c1-3-16(2)6-9-10(8-24-16)26-13-12(9)14(23)21(20-19-13)7-11(22)18-15-17-4-5-25-15/h4-5,12-13H,3,6-8H2,1-2H3,(H,17,18,22). The van der Waals surface area contributed by atoms with E-state index in [2.05, 4.69) is 34.5 Å². The first kappa shape index (κ1) is 17.6. The smallest absolute Gasteiger partial charge is 0.254 e. The van der Waals surface area contributed by atoms with Gasteiger partial charge >= 0.3 is 0 Å². The van der Waals surface area contributed by atoms with Gasteiger partial charge in [0.25, 0.3) is 5.91 Å². The molecule has 0 saturated carbocycles. The number of amides is 2. The Morgan fingerprint density at radius 2 is 2.38 bits per heavy atom. The molecular formula is C16H19N5O3S2. The maximum atomic E-state index is 13.0. The molecule has 0 radical (unpaired) electrons. The summed E-state index contributed by atoms with van der Waals surface area (Å²) in [5.41, 5.74) is 0.848. The molecule has 1 N–H and O–H groups in total. The van der Waals surface area contributed by atoms with Crippen molar-refractivity contribution in [2.75, 3.05) is 18.5 Å². The molecule has 2 amide bonds. The molecule has 26 heavy (non-hydrogen) atoms. The van der Waals surface area contributed by atoms with Gasteiger partial charge in [-0.1, -0.05) is 23.9 Å². The number of hydrogen-bond donors (Lipinski definition) is 1. The highest BCUT2D eigenvalue weighted by molar-refractivity contribution is 8.04. The maximum absolute atomic E-state index is 13.0. The van der Waals surface area contributed by atoms with Crippen LogP contribution < -0.4 is 5.32 Å². The summed E-state index contributed by atoms with van der Waals surface area (Å²) in [6.45, 7) is 4.51. The predicted octanol–water partition coefficient (Wildman–Crippen LogP) is 2.82. The SMILES string of the molecule is CCC1(C)CC2=C(CO1)SC1N=NN(CC(=O)Nc3nccs3)C(=O)C21. The summed E-state index contributed by atoms with van der Waals surface area (Å²) in [5.74, 6) is -0.858. The summed E-state index contributed by atoms with van der Waals surface area (Å²) < 4.78 is 5.97. The lowest BCUT2D eigenvalue weighted by Gasteiger charge is -2.35. The third kappa shape index (κ3) is 3.17. The van der Waals surface area contributed by atoms with Crippen LogP contribution >= 0.6 is 23.1 Å². The summed E-state index contributed by atoms with van der Waals surface area (Å²) in [4.78, 5) is 30.3. The Labute approximate surface area is 159 Å². The lowest BCUT2D eigenvalue weighted by atomic mass is 9.84. The van der Waals surface area contributed by atoms with Crippen molar-refractivity contribution in [1.29, 1.82) is 0 Å². The average molecular weight is 393 g/mol. The van der Waals surface area contributed by atoms with Gasteiger partial charge in [-0.25, -0.2) is 9.99 Å². The third-order valence-corrected chi connectivity index (χ3v) is 6.87. The van der Waals surface area contributed by atoms with Crippen molar-refractivity contribution >= 4 is 40.0 Å². The Morgan fingerprint density at radius 1 is 1.54 bits per heavy atom. The van der Waals surface area contributed by atoms with Crippen LogP contribution in [0, 0.1) is 5.92 Å². The number of carbonyl (C=O) groups excluding carboxylic acids is 2. The fraction of sp³-hybridized carbons (Fsp3) is 0.562. The second-order valence-electron chi connectivity index (χ2n) is 6.69. The number of fused-ring (bicyclic) bond motifs is 2. The van der Waals surface area contributed by atoms with Gasteiger partial charge in [0.15, 0.2) is 5.13 Å². The minimum atomic E-state index is -0.352. The Hall–Kier alpha value is -1.78. The molecule has 3 aliphatic rings. The number of rotatable bonds is 4. The second-order valence-corrected chi connectivity index (χ2v) is 8.80. The van der Waals surface area contributed by atoms with Gasteiger partial charge in [-0.2, -0.15) is 5.11 Å². The Balaban J connectivity index is 1.48. The normalized spacial score (nSPS) is 30.4. The number of thiazole rings is 1. The molecule has 3 aliphatic heterocycles. The molecule has 0 bridgehead atoms. The number of nitrogens with zero attached hydrogens (tertiary/aromatic N) is 4. The molecule has 0 aromatic carbocycles. The molecule has 0 saturated heterocycles. The van der Waals surface area contributed by atoms with E-state index in [-0.39, 0.29) is 35.3 Å². The first-order chi connectivity index (χ1) is 12.5. The van der Waals surface area contributed by atoms with Gasteiger partial charge in [-0.3, -0.25) is 9.59 Å². The number of carbonyl (C=O) groups is 2. The van der Waals surface area contributed by atoms with Crippen LogP contribution in [0.1, 0.15) is 26.7 Å². The molecule has 1 aromatic heterocycles. The van der Waals surface area contributed by atoms with Crippen molar-refractivity contribution in [3.05, 3.63) is 22.1 Å². The summed E-state index contributed by atoms with van der Waals surface area (Å²) >= 11 is 2.88. The number of aromatic nitrogens is 1. The van der Waals surface area contributed by atoms with Gasteiger partial charge in [0, 0.05) is 16.5 Å². The summed E-state index contributed by atoms with van der Waals surface area (Å²) in [6.07, 6.45) is 3.20. The van der Waals surface area contributed by atoms with Gasteiger partial charge in [-0.15, -0.1) is 11.3 Å². The zero-order valence-electron chi connectivity index (χ0n) is 14.5. The Morgan fingerprint density at radius 3 is 3.12 bits per heavy atom. The zero-order valence-corrected chi connectivity index (χ0v) is 16.1. The topological polar surface area (TPSA) is 96.2 Å². The number of anilines is 1. The van der Waals surface area contributed by atoms with Crippen molar-refractivity contribution in [3.63, 3.8) is 0 Å². The molecule has 8 nitrogen and oxygen atoms in total. The third-order valence-electron chi connectivity index (χ3n) is 4.91. The van der Waals surface area contributed by atoms with E-state index in [4.69, 9.17) is 4.74 Å². The van der Waals surface area contributed by atoms with Crippen molar-refractivity contribution in [2.45, 2.75) is 37.7 Å². The molecule has 138 valence electrons. The van der Waals surface area contributed by atoms with Crippen molar-refractivity contribution in [3.8, 4) is 0 Å². The monoisotopic (exact) mass is 393 g/mol. The maximum Gasteiger partial charge on any atom is 0.254 e. The quantitative estimate of drug-likeness (QED) is 0.848. The minimum Gasteiger partial charge on any atom is -0.370 e. The fourth-order valence-electron chi connectivity index (χ4n) is 3.26. The number of thioether (sulfide) groups is 1. The second kappa shape index (κ2) is 6.75. The fourth-order valence-corrected chi connectivity index (χ4v) is 5.08. The first-order valence-corrected chi connectivity index (χ1v) is 10.2. The Kier molecular flexibility index (Phi) is 4.57. The van der Waals surface area contributed by atoms with Gasteiger partial charge in [0.1, 0.15) is 11.9 Å². The highest BCUT2D eigenvalue weighted by Gasteiger charge is 2.49. The van der Waals surface area contributed by atoms with E-state index >= 15 is 0 Å². The van der Waals surface area contributed by atoms with Crippen LogP contribution in [-0.2, 0) is 14.3 Å². The van der Waals surface area contributed by atoms with Gasteiger partial charge in [0.2, 0.25) is 5.91 Å². The van der Waals surface area contributed by atoms with Crippen LogP contribution in [0.3, 0.4) is 0 Å². The number of hydrogen-bond acceptors (Lipinski definition) is 8. The van der Waals surface area contributed by atoms with Crippen LogP contribution in [0.15, 0.2) is 32.4 Å². The van der Waals surface area contributed by atoms with Crippen molar-refractivity contribution in [1.82, 2.24) is 9.99 Å². The average Bonchev–Trinajstić information content (AvgIpc) is 3.24. The minimum absolute atomic E-state index is 0.167. The molecule has 4 heterocycles. The van der Waals surface area contributed by atoms with Gasteiger partial charge in [-0.05, 0) is 25.3 Å². The lowest BCUT2D eigenvalue weighted by molar-refractivity contribution is -0.139. The first-order valence-electron chi connectivity index (χ1n) is 8.43. The van der Waals surface area contributed by atoms with Gasteiger partial charge < -0.3 is 10.1 Å². The highest BCUT2D eigenvalue weighted by Crippen LogP contribution is 2.51. The summed E-state index contributed by atoms with van der Waals surface area (Å²) in [6, 6.07) is 0. The molecule has 3 unspecified atom stereocenters. The van der Waals surface area contributed by atoms with E-state index in [1.807, 2.05) is 0 Å². The molecule has 10 heteroatoms. The van der Waals surface area contributed by atoms with E-state index in [9.17, 15) is 9.59 Å². The molecule has 3 atom stereocenters. The van der Waals surface area contributed by atoms with E-state index in [0.717, 1.165) is 16.9 Å². The lowest BCUT2D eigenvalue weighted by Crippen LogP contribution is -2.44. The summed E-state index contributed by atoms with van der Waals surface area (Å²) in [5, 5.41) is 14.1. The van der Waals surface area contributed by atoms with E-state index < -0.39 is 0 Å². The molecular weight excluding hydrogens is 374 g/mol. The molecule has 4 rings (SSSR count). The zero-order chi connectivity index (χ0) is 18.3. The van der Waals surface area contributed by atoms with Crippen LogP contribution in [0.4, 0.5) is 5.13 Å². The van der Waals surface area contributed by atoms with Crippen LogP contribution in [-0.4, -0.2) is 45.9 Å². The highest BCUT2D eigenvalue weighted by atomic mass is 32.2. The van der Waals surface area contributed by atoms with Crippen LogP contribution in [0.5, 0.6) is 0 Å². The largest absolute Gasteiger partial charge is 0.370 e. The van der Waals surface area contributed by atoms with E-state index in [0.29, 0.717) is 18.2 Å². The summed E-state index contributed by atoms with van der Waals surface area (Å²) in [7, 11) is 0. The van der Waals surface area contributed by atoms with E-state index in [1.165, 1.54) is 16.3 Å². The van der Waals surface area contributed by atoms with E-state index in [1.54, 1.807) is 23.3 Å².